The first-order valence-electron chi connectivity index (χ1n) is 7.03. The molecule has 10 heteroatoms. The van der Waals surface area contributed by atoms with Gasteiger partial charge in [-0.2, -0.15) is 13.2 Å². The van der Waals surface area contributed by atoms with Crippen LogP contribution in [0.2, 0.25) is 0 Å². The predicted molar refractivity (Wildman–Crippen MR) is 72.8 cm³/mol. The number of benzene rings is 1. The molecule has 1 unspecified atom stereocenters. The summed E-state index contributed by atoms with van der Waals surface area (Å²) in [5.74, 6) is -2.24. The maximum atomic E-state index is 13.1. The molecule has 0 bridgehead atoms. The van der Waals surface area contributed by atoms with E-state index in [1.54, 1.807) is 6.92 Å². The molecule has 0 N–H and O–H groups in total. The minimum absolute atomic E-state index is 0.106. The Hall–Kier alpha value is -2.39. The smallest absolute Gasteiger partial charge is 0.475 e. The molecule has 1 atom stereocenters. The summed E-state index contributed by atoms with van der Waals surface area (Å²) >= 11 is 0. The number of esters is 1. The fraction of sp³-hybridized carbons (Fsp3) is 0.400. The highest BCUT2D eigenvalue weighted by Crippen LogP contribution is 2.39. The summed E-state index contributed by atoms with van der Waals surface area (Å²) in [4.78, 5) is 11.9. The Kier molecular flexibility index (Phi) is 5.19. The van der Waals surface area contributed by atoms with Crippen LogP contribution in [0, 0.1) is 0 Å². The lowest BCUT2D eigenvalue weighted by Crippen LogP contribution is -2.40. The first-order chi connectivity index (χ1) is 11.5. The Morgan fingerprint density at radius 2 is 1.88 bits per heavy atom. The minimum atomic E-state index is -4.97. The zero-order valence-electron chi connectivity index (χ0n) is 12.7. The van der Waals surface area contributed by atoms with Crippen molar-refractivity contribution in [3.8, 4) is 11.5 Å². The highest BCUT2D eigenvalue weighted by Gasteiger charge is 2.49. The van der Waals surface area contributed by atoms with Gasteiger partial charge in [-0.05, 0) is 30.7 Å². The van der Waals surface area contributed by atoms with Crippen LogP contribution in [-0.4, -0.2) is 31.2 Å². The molecule has 0 radical (unpaired) electrons. The van der Waals surface area contributed by atoms with Crippen LogP contribution in [0.1, 0.15) is 18.9 Å². The number of rotatable bonds is 4. The largest absolute Gasteiger partial charge is 0.573 e. The van der Waals surface area contributed by atoms with Crippen molar-refractivity contribution in [1.29, 1.82) is 0 Å². The van der Waals surface area contributed by atoms with Gasteiger partial charge < -0.3 is 14.2 Å². The van der Waals surface area contributed by atoms with Crippen molar-refractivity contribution in [1.82, 2.24) is 0 Å². The number of fused-ring (bicyclic) bond motifs is 1. The molecule has 0 aromatic heterocycles. The Labute approximate surface area is 138 Å². The summed E-state index contributed by atoms with van der Waals surface area (Å²) in [6.45, 7) is 1.54. The van der Waals surface area contributed by atoms with Gasteiger partial charge in [-0.25, -0.2) is 4.79 Å². The molecule has 25 heavy (non-hydrogen) atoms. The van der Waals surface area contributed by atoms with Gasteiger partial charge in [0.1, 0.15) is 11.5 Å². The van der Waals surface area contributed by atoms with Crippen molar-refractivity contribution >= 4 is 12.0 Å². The van der Waals surface area contributed by atoms with Gasteiger partial charge in [0.2, 0.25) is 6.10 Å². The van der Waals surface area contributed by atoms with Gasteiger partial charge in [-0.1, -0.05) is 6.92 Å². The molecular formula is C15H12F6O4. The molecule has 1 aromatic rings. The van der Waals surface area contributed by atoms with E-state index in [9.17, 15) is 31.1 Å². The van der Waals surface area contributed by atoms with Crippen molar-refractivity contribution in [2.45, 2.75) is 32.0 Å². The van der Waals surface area contributed by atoms with Crippen molar-refractivity contribution in [2.75, 3.05) is 6.61 Å². The molecule has 0 fully saturated rings. The third-order valence-electron chi connectivity index (χ3n) is 3.02. The van der Waals surface area contributed by atoms with E-state index >= 15 is 0 Å². The Bertz CT molecular complexity index is 678. The van der Waals surface area contributed by atoms with Crippen molar-refractivity contribution < 1.29 is 45.3 Å². The van der Waals surface area contributed by atoms with E-state index in [0.29, 0.717) is 6.42 Å². The van der Waals surface area contributed by atoms with E-state index < -0.39 is 35.9 Å². The number of carbonyl (C=O) groups is 1. The number of ether oxygens (including phenoxy) is 3. The number of carbonyl (C=O) groups excluding carboxylic acids is 1. The number of hydrogen-bond donors (Lipinski definition) is 0. The summed E-state index contributed by atoms with van der Waals surface area (Å²) in [6.07, 6.45) is -11.3. The second-order valence-corrected chi connectivity index (χ2v) is 5.02. The maximum Gasteiger partial charge on any atom is 0.573 e. The van der Waals surface area contributed by atoms with E-state index in [4.69, 9.17) is 4.74 Å². The molecule has 0 spiro atoms. The lowest BCUT2D eigenvalue weighted by molar-refractivity contribution is -0.274. The summed E-state index contributed by atoms with van der Waals surface area (Å²) in [5, 5.41) is 0. The average molecular weight is 370 g/mol. The van der Waals surface area contributed by atoms with Gasteiger partial charge in [-0.3, -0.25) is 0 Å². The number of halogens is 6. The zero-order chi connectivity index (χ0) is 18.8. The molecule has 0 saturated carbocycles. The molecular weight excluding hydrogens is 358 g/mol. The molecule has 2 rings (SSSR count). The highest BCUT2D eigenvalue weighted by molar-refractivity contribution is 5.96. The van der Waals surface area contributed by atoms with Crippen LogP contribution >= 0.6 is 0 Å². The van der Waals surface area contributed by atoms with Crippen molar-refractivity contribution in [3.05, 3.63) is 29.3 Å². The van der Waals surface area contributed by atoms with Crippen LogP contribution in [-0.2, 0) is 9.53 Å². The van der Waals surface area contributed by atoms with E-state index in [-0.39, 0.29) is 17.9 Å². The van der Waals surface area contributed by atoms with Crippen LogP contribution in [0.25, 0.3) is 6.08 Å². The Morgan fingerprint density at radius 3 is 2.44 bits per heavy atom. The first kappa shape index (κ1) is 18.9. The van der Waals surface area contributed by atoms with E-state index in [2.05, 4.69) is 9.47 Å². The molecule has 1 aromatic carbocycles. The second-order valence-electron chi connectivity index (χ2n) is 5.02. The maximum absolute atomic E-state index is 13.1. The highest BCUT2D eigenvalue weighted by atomic mass is 19.4. The molecule has 0 aliphatic carbocycles. The fourth-order valence-corrected chi connectivity index (χ4v) is 2.06. The molecule has 138 valence electrons. The molecule has 1 aliphatic rings. The van der Waals surface area contributed by atoms with E-state index in [1.165, 1.54) is 0 Å². The van der Waals surface area contributed by atoms with Gasteiger partial charge in [0, 0.05) is 5.56 Å². The van der Waals surface area contributed by atoms with Gasteiger partial charge in [0.05, 0.1) is 12.2 Å². The molecule has 0 saturated heterocycles. The topological polar surface area (TPSA) is 44.8 Å². The third-order valence-corrected chi connectivity index (χ3v) is 3.02. The third kappa shape index (κ3) is 4.80. The van der Waals surface area contributed by atoms with Crippen LogP contribution < -0.4 is 9.47 Å². The molecule has 0 amide bonds. The Morgan fingerprint density at radius 1 is 1.20 bits per heavy atom. The summed E-state index contributed by atoms with van der Waals surface area (Å²) in [5.41, 5.74) is -1.01. The lowest BCUT2D eigenvalue weighted by atomic mass is 10.0. The van der Waals surface area contributed by atoms with Gasteiger partial charge in [0.15, 0.2) is 0 Å². The van der Waals surface area contributed by atoms with Crippen LogP contribution in [0.3, 0.4) is 0 Å². The summed E-state index contributed by atoms with van der Waals surface area (Å²) in [7, 11) is 0. The monoisotopic (exact) mass is 370 g/mol. The first-order valence-corrected chi connectivity index (χ1v) is 7.03. The van der Waals surface area contributed by atoms with Gasteiger partial charge in [0.25, 0.3) is 0 Å². The predicted octanol–water partition coefficient (Wildman–Crippen LogP) is 4.25. The Balaban J connectivity index is 2.40. The standard InChI is InChI=1S/C15H12F6O4/c1-2-5-23-13(22)10-7-8-6-9(25-15(19,20)21)3-4-11(8)24-12(10)14(16,17)18/h3-4,6-7,12H,2,5H2,1H3. The fourth-order valence-electron chi connectivity index (χ4n) is 2.06. The lowest BCUT2D eigenvalue weighted by Gasteiger charge is -2.28. The number of hydrogen-bond acceptors (Lipinski definition) is 4. The van der Waals surface area contributed by atoms with Crippen LogP contribution in [0.5, 0.6) is 11.5 Å². The van der Waals surface area contributed by atoms with Gasteiger partial charge in [-0.15, -0.1) is 13.2 Å². The van der Waals surface area contributed by atoms with Crippen LogP contribution in [0.4, 0.5) is 26.3 Å². The quantitative estimate of drug-likeness (QED) is 0.587. The summed E-state index contributed by atoms with van der Waals surface area (Å²) in [6, 6.07) is 2.54. The van der Waals surface area contributed by atoms with Gasteiger partial charge >= 0.3 is 18.5 Å². The molecule has 4 nitrogen and oxygen atoms in total. The van der Waals surface area contributed by atoms with Crippen molar-refractivity contribution in [3.63, 3.8) is 0 Å². The SMILES string of the molecule is CCCOC(=O)C1=Cc2cc(OC(F)(F)F)ccc2OC1C(F)(F)F. The van der Waals surface area contributed by atoms with Crippen molar-refractivity contribution in [2.24, 2.45) is 0 Å². The molecule has 1 aliphatic heterocycles. The second kappa shape index (κ2) is 6.85. The van der Waals surface area contributed by atoms with E-state index in [0.717, 1.165) is 24.3 Å². The summed E-state index contributed by atoms with van der Waals surface area (Å²) < 4.78 is 89.2. The minimum Gasteiger partial charge on any atom is -0.475 e. The van der Waals surface area contributed by atoms with Crippen LogP contribution in [0.15, 0.2) is 23.8 Å². The number of alkyl halides is 6. The average Bonchev–Trinajstić information content (AvgIpc) is 2.48. The van der Waals surface area contributed by atoms with E-state index in [1.807, 2.05) is 0 Å². The normalized spacial score (nSPS) is 17.2. The zero-order valence-corrected chi connectivity index (χ0v) is 12.7. The molecule has 1 heterocycles.